The third-order valence-corrected chi connectivity index (χ3v) is 4.56. The van der Waals surface area contributed by atoms with E-state index in [0.717, 1.165) is 0 Å². The Hall–Kier alpha value is -2.48. The van der Waals surface area contributed by atoms with E-state index in [-0.39, 0.29) is 18.5 Å². The Labute approximate surface area is 152 Å². The number of piperidine rings is 1. The third kappa shape index (κ3) is 3.55. The molecule has 0 unspecified atom stereocenters. The van der Waals surface area contributed by atoms with Gasteiger partial charge in [-0.1, -0.05) is 5.21 Å². The highest BCUT2D eigenvalue weighted by Crippen LogP contribution is 2.31. The molecule has 140 valence electrons. The second-order valence-electron chi connectivity index (χ2n) is 6.83. The summed E-state index contributed by atoms with van der Waals surface area (Å²) in [6.07, 6.45) is 4.58. The minimum atomic E-state index is -1.20. The molecule has 1 aliphatic heterocycles. The van der Waals surface area contributed by atoms with Gasteiger partial charge in [-0.05, 0) is 45.7 Å². The summed E-state index contributed by atoms with van der Waals surface area (Å²) in [7, 11) is 0. The van der Waals surface area contributed by atoms with E-state index in [1.54, 1.807) is 34.1 Å². The van der Waals surface area contributed by atoms with Gasteiger partial charge in [0, 0.05) is 18.8 Å². The van der Waals surface area contributed by atoms with Gasteiger partial charge < -0.3 is 14.7 Å². The maximum Gasteiger partial charge on any atom is 0.259 e. The first-order valence-electron chi connectivity index (χ1n) is 8.96. The molecule has 1 saturated heterocycles. The Morgan fingerprint density at radius 3 is 2.96 bits per heavy atom. The number of hydrogen-bond donors (Lipinski definition) is 1. The Balaban J connectivity index is 1.82. The summed E-state index contributed by atoms with van der Waals surface area (Å²) in [5.74, 6) is 0.121. The van der Waals surface area contributed by atoms with Crippen molar-refractivity contribution in [2.45, 2.75) is 45.3 Å². The third-order valence-electron chi connectivity index (χ3n) is 4.56. The van der Waals surface area contributed by atoms with Crippen LogP contribution in [0.25, 0.3) is 0 Å². The molecule has 8 heteroatoms. The number of hydrogen-bond acceptors (Lipinski definition) is 6. The number of rotatable bonds is 5. The minimum Gasteiger partial charge on any atom is -0.477 e. The van der Waals surface area contributed by atoms with E-state index in [0.29, 0.717) is 43.1 Å². The number of nitrogens with zero attached hydrogens (tertiary/aromatic N) is 5. The van der Waals surface area contributed by atoms with Gasteiger partial charge >= 0.3 is 0 Å². The van der Waals surface area contributed by atoms with Crippen LogP contribution < -0.4 is 4.74 Å². The van der Waals surface area contributed by atoms with Crippen LogP contribution in [0.5, 0.6) is 5.88 Å². The van der Waals surface area contributed by atoms with Crippen molar-refractivity contribution in [2.24, 2.45) is 0 Å². The first-order chi connectivity index (χ1) is 12.4. The minimum absolute atomic E-state index is 0.158. The average Bonchev–Trinajstić information content (AvgIpc) is 3.13. The van der Waals surface area contributed by atoms with Crippen LogP contribution in [0.1, 0.15) is 55.7 Å². The van der Waals surface area contributed by atoms with Gasteiger partial charge in [0.15, 0.2) is 0 Å². The largest absolute Gasteiger partial charge is 0.477 e. The maximum atomic E-state index is 13.0. The van der Waals surface area contributed by atoms with E-state index in [9.17, 15) is 9.90 Å². The van der Waals surface area contributed by atoms with Crippen LogP contribution in [-0.2, 0) is 5.60 Å². The fraction of sp³-hybridized carbons (Fsp3) is 0.556. The first-order valence-corrected chi connectivity index (χ1v) is 8.96. The second-order valence-corrected chi connectivity index (χ2v) is 6.83. The van der Waals surface area contributed by atoms with Crippen molar-refractivity contribution in [2.75, 3.05) is 19.7 Å². The number of likely N-dealkylation sites (tertiary alicyclic amines) is 1. The van der Waals surface area contributed by atoms with Crippen molar-refractivity contribution < 1.29 is 14.6 Å². The zero-order chi connectivity index (χ0) is 18.7. The summed E-state index contributed by atoms with van der Waals surface area (Å²) >= 11 is 0. The van der Waals surface area contributed by atoms with E-state index in [2.05, 4.69) is 15.3 Å². The van der Waals surface area contributed by atoms with Crippen LogP contribution in [-0.4, -0.2) is 55.6 Å². The lowest BCUT2D eigenvalue weighted by Gasteiger charge is -2.38. The van der Waals surface area contributed by atoms with Crippen molar-refractivity contribution in [1.82, 2.24) is 24.9 Å². The number of ether oxygens (including phenoxy) is 1. The quantitative estimate of drug-likeness (QED) is 0.875. The molecule has 1 fully saturated rings. The summed E-state index contributed by atoms with van der Waals surface area (Å²) in [6, 6.07) is 3.56. The number of aliphatic hydroxyl groups is 1. The summed E-state index contributed by atoms with van der Waals surface area (Å²) in [5, 5.41) is 19.3. The predicted octanol–water partition coefficient (Wildman–Crippen LogP) is 1.78. The molecule has 3 rings (SSSR count). The molecule has 1 amide bonds. The van der Waals surface area contributed by atoms with Crippen LogP contribution in [0.4, 0.5) is 0 Å². The molecule has 0 aromatic carbocycles. The molecule has 2 aromatic rings. The van der Waals surface area contributed by atoms with Gasteiger partial charge in [0.1, 0.15) is 16.9 Å². The van der Waals surface area contributed by atoms with Gasteiger partial charge in [-0.15, -0.1) is 5.10 Å². The fourth-order valence-corrected chi connectivity index (χ4v) is 3.14. The highest BCUT2D eigenvalue weighted by molar-refractivity contribution is 5.96. The monoisotopic (exact) mass is 359 g/mol. The highest BCUT2D eigenvalue weighted by atomic mass is 16.5. The number of carbonyl (C=O) groups excluding carboxylic acids is 1. The number of β-amino-alcohol motifs (C(OH)–C–C–N with tert-alkyl or cyclic N) is 1. The Bertz CT molecular complexity index is 776. The zero-order valence-electron chi connectivity index (χ0n) is 15.4. The lowest BCUT2D eigenvalue weighted by atomic mass is 9.89. The number of amides is 1. The molecule has 3 heterocycles. The van der Waals surface area contributed by atoms with Crippen LogP contribution >= 0.6 is 0 Å². The van der Waals surface area contributed by atoms with Gasteiger partial charge in [0.05, 0.1) is 19.3 Å². The van der Waals surface area contributed by atoms with Crippen LogP contribution in [0.2, 0.25) is 0 Å². The van der Waals surface area contributed by atoms with Crippen molar-refractivity contribution in [3.05, 3.63) is 35.8 Å². The van der Waals surface area contributed by atoms with Gasteiger partial charge in [-0.3, -0.25) is 4.79 Å². The molecular formula is C18H25N5O3. The molecule has 8 nitrogen and oxygen atoms in total. The maximum absolute atomic E-state index is 13.0. The number of aromatic nitrogens is 4. The molecule has 26 heavy (non-hydrogen) atoms. The van der Waals surface area contributed by atoms with E-state index < -0.39 is 5.60 Å². The molecule has 0 bridgehead atoms. The van der Waals surface area contributed by atoms with Crippen molar-refractivity contribution in [1.29, 1.82) is 0 Å². The number of carbonyl (C=O) groups is 1. The van der Waals surface area contributed by atoms with Crippen LogP contribution in [0.3, 0.4) is 0 Å². The van der Waals surface area contributed by atoms with E-state index >= 15 is 0 Å². The van der Waals surface area contributed by atoms with E-state index in [1.807, 2.05) is 20.8 Å². The smallest absolute Gasteiger partial charge is 0.259 e. The lowest BCUT2D eigenvalue weighted by Crippen LogP contribution is -2.48. The van der Waals surface area contributed by atoms with Crippen molar-refractivity contribution in [3.8, 4) is 5.88 Å². The fourth-order valence-electron chi connectivity index (χ4n) is 3.14. The molecule has 2 aromatic heterocycles. The van der Waals surface area contributed by atoms with E-state index in [1.165, 1.54) is 0 Å². The zero-order valence-corrected chi connectivity index (χ0v) is 15.4. The SMILES string of the molecule is CCOc1ncccc1C(=O)N1CCC[C@](O)(c2cn(C(C)C)nn2)C1. The summed E-state index contributed by atoms with van der Waals surface area (Å²) < 4.78 is 7.18. The molecule has 1 N–H and O–H groups in total. The van der Waals surface area contributed by atoms with Crippen molar-refractivity contribution >= 4 is 5.91 Å². The standard InChI is InChI=1S/C18H25N5O3/c1-4-26-16-14(7-5-9-19-16)17(24)22-10-6-8-18(25,12-22)15-11-23(13(2)3)21-20-15/h5,7,9,11,13,25H,4,6,8,10,12H2,1-3H3/t18-/m1/s1. The summed E-state index contributed by atoms with van der Waals surface area (Å²) in [5.41, 5.74) is -0.293. The van der Waals surface area contributed by atoms with Gasteiger partial charge in [-0.25, -0.2) is 9.67 Å². The van der Waals surface area contributed by atoms with E-state index in [4.69, 9.17) is 4.74 Å². The van der Waals surface area contributed by atoms with Gasteiger partial charge in [0.2, 0.25) is 5.88 Å². The second kappa shape index (κ2) is 7.41. The Kier molecular flexibility index (Phi) is 5.22. The van der Waals surface area contributed by atoms with Crippen LogP contribution in [0.15, 0.2) is 24.5 Å². The average molecular weight is 359 g/mol. The predicted molar refractivity (Wildman–Crippen MR) is 94.8 cm³/mol. The molecule has 1 aliphatic rings. The molecule has 0 saturated carbocycles. The first kappa shape index (κ1) is 18.3. The molecular weight excluding hydrogens is 334 g/mol. The Morgan fingerprint density at radius 2 is 2.27 bits per heavy atom. The molecule has 1 atom stereocenters. The molecule has 0 radical (unpaired) electrons. The van der Waals surface area contributed by atoms with Crippen LogP contribution in [0, 0.1) is 0 Å². The normalized spacial score (nSPS) is 20.4. The summed E-state index contributed by atoms with van der Waals surface area (Å²) in [4.78, 5) is 18.8. The van der Waals surface area contributed by atoms with Crippen molar-refractivity contribution in [3.63, 3.8) is 0 Å². The number of pyridine rings is 1. The van der Waals surface area contributed by atoms with Gasteiger partial charge in [-0.2, -0.15) is 0 Å². The topological polar surface area (TPSA) is 93.4 Å². The highest BCUT2D eigenvalue weighted by Gasteiger charge is 2.40. The van der Waals surface area contributed by atoms with Gasteiger partial charge in [0.25, 0.3) is 5.91 Å². The lowest BCUT2D eigenvalue weighted by molar-refractivity contribution is -0.0321. The summed E-state index contributed by atoms with van der Waals surface area (Å²) in [6.45, 7) is 7.01. The Morgan fingerprint density at radius 1 is 1.46 bits per heavy atom. The molecule has 0 aliphatic carbocycles. The molecule has 0 spiro atoms.